The van der Waals surface area contributed by atoms with Crippen LogP contribution in [0.5, 0.6) is 0 Å². The maximum Gasteiger partial charge on any atom is 0.501 e. The minimum atomic E-state index is -5.34. The van der Waals surface area contributed by atoms with E-state index in [0.29, 0.717) is 11.8 Å². The zero-order valence-electron chi connectivity index (χ0n) is 10.1. The summed E-state index contributed by atoms with van der Waals surface area (Å²) in [5.41, 5.74) is -4.34. The molecule has 104 valence electrons. The second-order valence-corrected chi connectivity index (χ2v) is 6.46. The third kappa shape index (κ3) is 1.75. The van der Waals surface area contributed by atoms with Gasteiger partial charge < -0.3 is 0 Å². The van der Waals surface area contributed by atoms with Crippen LogP contribution >= 0.6 is 0 Å². The fourth-order valence-electron chi connectivity index (χ4n) is 2.46. The fraction of sp³-hybridized carbons (Fsp3) is 0.143. The summed E-state index contributed by atoms with van der Waals surface area (Å²) in [6.07, 6.45) is 3.71. The smallest absolute Gasteiger partial charge is 0.214 e. The van der Waals surface area contributed by atoms with Crippen molar-refractivity contribution in [1.82, 2.24) is 0 Å². The highest BCUT2D eigenvalue weighted by Crippen LogP contribution is 2.38. The van der Waals surface area contributed by atoms with Gasteiger partial charge in [-0.1, -0.05) is 36.4 Å². The molecule has 0 atom stereocenters. The third-order valence-electron chi connectivity index (χ3n) is 3.35. The van der Waals surface area contributed by atoms with Crippen LogP contribution in [0.15, 0.2) is 41.3 Å². The SMILES string of the molecule is O=S(=O)(c1ccc2cccc3c2c1C=CC3)C(F)(F)F. The monoisotopic (exact) mass is 298 g/mol. The summed E-state index contributed by atoms with van der Waals surface area (Å²) in [6.45, 7) is 0. The number of hydrogen-bond acceptors (Lipinski definition) is 2. The Bertz CT molecular complexity index is 833. The molecule has 0 spiro atoms. The molecular formula is C14H9F3O2S. The molecule has 20 heavy (non-hydrogen) atoms. The van der Waals surface area contributed by atoms with Crippen molar-refractivity contribution in [1.29, 1.82) is 0 Å². The summed E-state index contributed by atoms with van der Waals surface area (Å²) in [5.74, 6) is 0. The van der Waals surface area contributed by atoms with Crippen molar-refractivity contribution in [3.05, 3.63) is 47.5 Å². The van der Waals surface area contributed by atoms with Crippen LogP contribution in [0.2, 0.25) is 0 Å². The van der Waals surface area contributed by atoms with E-state index < -0.39 is 20.2 Å². The maximum atomic E-state index is 12.7. The van der Waals surface area contributed by atoms with Gasteiger partial charge in [-0.2, -0.15) is 13.2 Å². The summed E-state index contributed by atoms with van der Waals surface area (Å²) in [7, 11) is -5.34. The topological polar surface area (TPSA) is 34.1 Å². The Morgan fingerprint density at radius 1 is 1.05 bits per heavy atom. The molecule has 0 aromatic heterocycles. The molecule has 2 aromatic carbocycles. The molecule has 0 aliphatic heterocycles. The number of halogens is 3. The van der Waals surface area contributed by atoms with Crippen LogP contribution in [-0.2, 0) is 16.3 Å². The lowest BCUT2D eigenvalue weighted by atomic mass is 9.93. The molecule has 3 rings (SSSR count). The van der Waals surface area contributed by atoms with E-state index in [1.807, 2.05) is 0 Å². The van der Waals surface area contributed by atoms with E-state index in [2.05, 4.69) is 0 Å². The van der Waals surface area contributed by atoms with Gasteiger partial charge in [-0.25, -0.2) is 8.42 Å². The molecule has 0 N–H and O–H groups in total. The first-order valence-electron chi connectivity index (χ1n) is 5.85. The van der Waals surface area contributed by atoms with Gasteiger partial charge in [0.25, 0.3) is 9.84 Å². The van der Waals surface area contributed by atoms with Crippen LogP contribution in [0.1, 0.15) is 11.1 Å². The quantitative estimate of drug-likeness (QED) is 0.804. The average molecular weight is 298 g/mol. The van der Waals surface area contributed by atoms with Crippen molar-refractivity contribution in [2.45, 2.75) is 16.8 Å². The summed E-state index contributed by atoms with van der Waals surface area (Å²) in [6, 6.07) is 7.80. The minimum absolute atomic E-state index is 0.127. The highest BCUT2D eigenvalue weighted by atomic mass is 32.2. The minimum Gasteiger partial charge on any atom is -0.214 e. The Kier molecular flexibility index (Phi) is 2.69. The van der Waals surface area contributed by atoms with Crippen LogP contribution in [0.3, 0.4) is 0 Å². The van der Waals surface area contributed by atoms with Crippen molar-refractivity contribution >= 4 is 26.7 Å². The van der Waals surface area contributed by atoms with Gasteiger partial charge in [0.2, 0.25) is 0 Å². The van der Waals surface area contributed by atoms with Crippen LogP contribution in [0.25, 0.3) is 16.8 Å². The first kappa shape index (κ1) is 13.2. The predicted octanol–water partition coefficient (Wildman–Crippen LogP) is 3.70. The molecular weight excluding hydrogens is 289 g/mol. The number of sulfone groups is 1. The van der Waals surface area contributed by atoms with Crippen molar-refractivity contribution in [3.63, 3.8) is 0 Å². The maximum absolute atomic E-state index is 12.7. The lowest BCUT2D eigenvalue weighted by Crippen LogP contribution is -2.24. The number of rotatable bonds is 1. The van der Waals surface area contributed by atoms with Gasteiger partial charge >= 0.3 is 5.51 Å². The zero-order chi connectivity index (χ0) is 14.5. The predicted molar refractivity (Wildman–Crippen MR) is 69.9 cm³/mol. The van der Waals surface area contributed by atoms with Gasteiger partial charge in [-0.3, -0.25) is 0 Å². The van der Waals surface area contributed by atoms with E-state index in [4.69, 9.17) is 0 Å². The Balaban J connectivity index is 2.42. The van der Waals surface area contributed by atoms with E-state index in [1.54, 1.807) is 24.3 Å². The summed E-state index contributed by atoms with van der Waals surface area (Å²) in [4.78, 5) is -0.680. The largest absolute Gasteiger partial charge is 0.501 e. The van der Waals surface area contributed by atoms with E-state index in [9.17, 15) is 21.6 Å². The van der Waals surface area contributed by atoms with Crippen molar-refractivity contribution in [3.8, 4) is 0 Å². The molecule has 0 fully saturated rings. The Hall–Kier alpha value is -1.82. The van der Waals surface area contributed by atoms with Gasteiger partial charge in [0.15, 0.2) is 0 Å². The number of allylic oxidation sites excluding steroid dienone is 1. The molecule has 0 radical (unpaired) electrons. The molecule has 2 nitrogen and oxygen atoms in total. The molecule has 1 aliphatic carbocycles. The average Bonchev–Trinajstić information content (AvgIpc) is 2.38. The second-order valence-electron chi connectivity index (χ2n) is 4.55. The zero-order valence-corrected chi connectivity index (χ0v) is 10.9. The van der Waals surface area contributed by atoms with E-state index in [0.717, 1.165) is 17.0 Å². The Morgan fingerprint density at radius 3 is 2.50 bits per heavy atom. The van der Waals surface area contributed by atoms with Gasteiger partial charge in [0, 0.05) is 5.56 Å². The lowest BCUT2D eigenvalue weighted by molar-refractivity contribution is -0.0436. The highest BCUT2D eigenvalue weighted by Gasteiger charge is 2.48. The van der Waals surface area contributed by atoms with Crippen molar-refractivity contribution in [2.24, 2.45) is 0 Å². The molecule has 0 saturated carbocycles. The highest BCUT2D eigenvalue weighted by molar-refractivity contribution is 7.92. The number of alkyl halides is 3. The third-order valence-corrected chi connectivity index (χ3v) is 4.89. The van der Waals surface area contributed by atoms with Crippen molar-refractivity contribution in [2.75, 3.05) is 0 Å². The van der Waals surface area contributed by atoms with E-state index in [-0.39, 0.29) is 5.56 Å². The molecule has 6 heteroatoms. The number of benzene rings is 2. The molecule has 0 amide bonds. The lowest BCUT2D eigenvalue weighted by Gasteiger charge is -2.17. The standard InChI is InChI=1S/C14H9F3O2S/c15-14(16,17)20(18,19)12-8-7-10-4-1-3-9-5-2-6-11(12)13(9)10/h1-4,6-8H,5H2. The Labute approximate surface area is 113 Å². The molecule has 1 aliphatic rings. The fourth-order valence-corrected chi connectivity index (χ4v) is 3.42. The van der Waals surface area contributed by atoms with E-state index >= 15 is 0 Å². The summed E-state index contributed by atoms with van der Waals surface area (Å²) < 4.78 is 61.5. The molecule has 0 heterocycles. The molecule has 0 unspecified atom stereocenters. The summed E-state index contributed by atoms with van der Waals surface area (Å²) >= 11 is 0. The summed E-state index contributed by atoms with van der Waals surface area (Å²) in [5, 5.41) is 1.32. The van der Waals surface area contributed by atoms with Crippen LogP contribution < -0.4 is 0 Å². The van der Waals surface area contributed by atoms with Gasteiger partial charge in [0.1, 0.15) is 0 Å². The van der Waals surface area contributed by atoms with Crippen LogP contribution in [0, 0.1) is 0 Å². The Morgan fingerprint density at radius 2 is 1.80 bits per heavy atom. The van der Waals surface area contributed by atoms with Crippen LogP contribution in [0.4, 0.5) is 13.2 Å². The van der Waals surface area contributed by atoms with Gasteiger partial charge in [-0.05, 0) is 28.8 Å². The molecule has 0 bridgehead atoms. The molecule has 2 aromatic rings. The first-order valence-corrected chi connectivity index (χ1v) is 7.33. The van der Waals surface area contributed by atoms with Crippen LogP contribution in [-0.4, -0.2) is 13.9 Å². The van der Waals surface area contributed by atoms with Gasteiger partial charge in [-0.15, -0.1) is 0 Å². The normalized spacial score (nSPS) is 14.8. The first-order chi connectivity index (χ1) is 9.32. The van der Waals surface area contributed by atoms with E-state index in [1.165, 1.54) is 12.1 Å². The van der Waals surface area contributed by atoms with Crippen molar-refractivity contribution < 1.29 is 21.6 Å². The second kappa shape index (κ2) is 4.09. The number of hydrogen-bond donors (Lipinski definition) is 0. The van der Waals surface area contributed by atoms with Gasteiger partial charge in [0.05, 0.1) is 4.90 Å². The molecule has 0 saturated heterocycles.